The summed E-state index contributed by atoms with van der Waals surface area (Å²) in [6.45, 7) is 2.87. The van der Waals surface area contributed by atoms with Crippen LogP contribution in [0.5, 0.6) is 0 Å². The molecule has 0 spiro atoms. The van der Waals surface area contributed by atoms with Crippen molar-refractivity contribution in [1.29, 1.82) is 5.26 Å². The fourth-order valence-electron chi connectivity index (χ4n) is 2.48. The Kier molecular flexibility index (Phi) is 3.26. The van der Waals surface area contributed by atoms with Crippen molar-refractivity contribution in [3.63, 3.8) is 0 Å². The molecule has 1 fully saturated rings. The van der Waals surface area contributed by atoms with Crippen molar-refractivity contribution in [1.82, 2.24) is 9.88 Å². The van der Waals surface area contributed by atoms with E-state index in [9.17, 15) is 0 Å². The summed E-state index contributed by atoms with van der Waals surface area (Å²) in [6, 6.07) is 10.6. The molecule has 4 heteroatoms. The fourth-order valence-corrected chi connectivity index (χ4v) is 3.49. The molecule has 3 rings (SSSR count). The number of piperidine rings is 1. The molecular formula is C14H15N3S. The van der Waals surface area contributed by atoms with Crippen molar-refractivity contribution < 1.29 is 0 Å². The molecule has 0 radical (unpaired) electrons. The first-order valence-corrected chi connectivity index (χ1v) is 7.13. The lowest BCUT2D eigenvalue weighted by Crippen LogP contribution is -2.34. The Balaban J connectivity index is 1.74. The Morgan fingerprint density at radius 3 is 3.17 bits per heavy atom. The SMILES string of the molecule is N#CC1CCCN(Cc2nc3ccccc3s2)C1. The number of benzene rings is 1. The number of likely N-dealkylation sites (tertiary alicyclic amines) is 1. The van der Waals surface area contributed by atoms with Crippen molar-refractivity contribution in [3.05, 3.63) is 29.3 Å². The van der Waals surface area contributed by atoms with Crippen LogP contribution in [0.15, 0.2) is 24.3 Å². The quantitative estimate of drug-likeness (QED) is 0.830. The average molecular weight is 257 g/mol. The highest BCUT2D eigenvalue weighted by molar-refractivity contribution is 7.18. The molecule has 1 aromatic heterocycles. The highest BCUT2D eigenvalue weighted by Gasteiger charge is 2.20. The third-order valence-electron chi connectivity index (χ3n) is 3.39. The zero-order valence-electron chi connectivity index (χ0n) is 10.2. The first-order chi connectivity index (χ1) is 8.85. The molecule has 1 aromatic carbocycles. The van der Waals surface area contributed by atoms with Crippen molar-refractivity contribution >= 4 is 21.6 Å². The van der Waals surface area contributed by atoms with Gasteiger partial charge in [0.15, 0.2) is 0 Å². The normalized spacial score (nSPS) is 20.9. The maximum absolute atomic E-state index is 9.00. The van der Waals surface area contributed by atoms with E-state index in [0.717, 1.165) is 43.0 Å². The molecule has 1 aliphatic rings. The van der Waals surface area contributed by atoms with Gasteiger partial charge < -0.3 is 0 Å². The molecule has 3 nitrogen and oxygen atoms in total. The Bertz CT molecular complexity index is 551. The van der Waals surface area contributed by atoms with Crippen molar-refractivity contribution in [2.75, 3.05) is 13.1 Å². The summed E-state index contributed by atoms with van der Waals surface area (Å²) in [5.74, 6) is 0.202. The fraction of sp³-hybridized carbons (Fsp3) is 0.429. The van der Waals surface area contributed by atoms with Crippen LogP contribution >= 0.6 is 11.3 Å². The van der Waals surface area contributed by atoms with Gasteiger partial charge in [-0.15, -0.1) is 11.3 Å². The largest absolute Gasteiger partial charge is 0.295 e. The highest BCUT2D eigenvalue weighted by Crippen LogP contribution is 2.24. The Labute approximate surface area is 111 Å². The number of aromatic nitrogens is 1. The van der Waals surface area contributed by atoms with E-state index in [0.29, 0.717) is 0 Å². The van der Waals surface area contributed by atoms with E-state index in [4.69, 9.17) is 5.26 Å². The minimum atomic E-state index is 0.202. The van der Waals surface area contributed by atoms with Crippen LogP contribution in [0.2, 0.25) is 0 Å². The first-order valence-electron chi connectivity index (χ1n) is 6.31. The smallest absolute Gasteiger partial charge is 0.108 e. The summed E-state index contributed by atoms with van der Waals surface area (Å²) in [5.41, 5.74) is 1.09. The molecule has 92 valence electrons. The number of nitrogens with zero attached hydrogens (tertiary/aromatic N) is 3. The van der Waals surface area contributed by atoms with Crippen molar-refractivity contribution in [2.45, 2.75) is 19.4 Å². The van der Waals surface area contributed by atoms with Crippen LogP contribution < -0.4 is 0 Å². The summed E-state index contributed by atoms with van der Waals surface area (Å²) in [4.78, 5) is 7.01. The van der Waals surface area contributed by atoms with Gasteiger partial charge in [-0.25, -0.2) is 4.98 Å². The van der Waals surface area contributed by atoms with Crippen LogP contribution in [0.4, 0.5) is 0 Å². The van der Waals surface area contributed by atoms with Gasteiger partial charge in [0.05, 0.1) is 28.7 Å². The summed E-state index contributed by atoms with van der Waals surface area (Å²) in [5, 5.41) is 10.2. The number of hydrogen-bond donors (Lipinski definition) is 0. The van der Waals surface area contributed by atoms with Crippen molar-refractivity contribution in [3.8, 4) is 6.07 Å². The van der Waals surface area contributed by atoms with Gasteiger partial charge in [-0.05, 0) is 31.5 Å². The van der Waals surface area contributed by atoms with Crippen LogP contribution in [0, 0.1) is 17.2 Å². The second-order valence-corrected chi connectivity index (χ2v) is 5.89. The molecule has 2 aromatic rings. The third-order valence-corrected chi connectivity index (χ3v) is 4.41. The molecule has 0 aliphatic carbocycles. The van der Waals surface area contributed by atoms with Gasteiger partial charge in [-0.2, -0.15) is 5.26 Å². The van der Waals surface area contributed by atoms with Crippen LogP contribution in [0.3, 0.4) is 0 Å². The van der Waals surface area contributed by atoms with E-state index in [-0.39, 0.29) is 5.92 Å². The molecule has 0 saturated carbocycles. The molecule has 0 N–H and O–H groups in total. The Morgan fingerprint density at radius 1 is 1.44 bits per heavy atom. The van der Waals surface area contributed by atoms with E-state index in [1.807, 2.05) is 6.07 Å². The second-order valence-electron chi connectivity index (χ2n) is 4.78. The van der Waals surface area contributed by atoms with E-state index in [1.54, 1.807) is 11.3 Å². The highest BCUT2D eigenvalue weighted by atomic mass is 32.1. The third kappa shape index (κ3) is 2.38. The van der Waals surface area contributed by atoms with Crippen LogP contribution in [0.25, 0.3) is 10.2 Å². The molecule has 1 aliphatic heterocycles. The minimum absolute atomic E-state index is 0.202. The maximum atomic E-state index is 9.00. The number of rotatable bonds is 2. The lowest BCUT2D eigenvalue weighted by atomic mass is 10.00. The van der Waals surface area contributed by atoms with Crippen LogP contribution in [0.1, 0.15) is 17.8 Å². The predicted molar refractivity (Wildman–Crippen MR) is 73.2 cm³/mol. The molecule has 2 heterocycles. The Morgan fingerprint density at radius 2 is 2.33 bits per heavy atom. The lowest BCUT2D eigenvalue weighted by molar-refractivity contribution is 0.192. The zero-order chi connectivity index (χ0) is 12.4. The predicted octanol–water partition coefficient (Wildman–Crippen LogP) is 3.03. The van der Waals surface area contributed by atoms with Gasteiger partial charge >= 0.3 is 0 Å². The van der Waals surface area contributed by atoms with E-state index >= 15 is 0 Å². The van der Waals surface area contributed by atoms with Crippen LogP contribution in [-0.2, 0) is 6.54 Å². The number of fused-ring (bicyclic) bond motifs is 1. The number of nitriles is 1. The summed E-state index contributed by atoms with van der Waals surface area (Å²) >= 11 is 1.76. The molecule has 1 saturated heterocycles. The average Bonchev–Trinajstić information content (AvgIpc) is 2.81. The van der Waals surface area contributed by atoms with Gasteiger partial charge in [-0.1, -0.05) is 12.1 Å². The lowest BCUT2D eigenvalue weighted by Gasteiger charge is -2.28. The second kappa shape index (κ2) is 5.05. The number of para-hydroxylation sites is 1. The molecular weight excluding hydrogens is 242 g/mol. The first kappa shape index (κ1) is 11.6. The molecule has 0 amide bonds. The monoisotopic (exact) mass is 257 g/mol. The summed E-state index contributed by atoms with van der Waals surface area (Å²) in [6.07, 6.45) is 2.18. The number of hydrogen-bond acceptors (Lipinski definition) is 4. The molecule has 18 heavy (non-hydrogen) atoms. The molecule has 1 atom stereocenters. The van der Waals surface area contributed by atoms with Gasteiger partial charge in [0, 0.05) is 6.54 Å². The van der Waals surface area contributed by atoms with E-state index in [1.165, 1.54) is 4.70 Å². The molecule has 0 bridgehead atoms. The van der Waals surface area contributed by atoms with Crippen molar-refractivity contribution in [2.24, 2.45) is 5.92 Å². The van der Waals surface area contributed by atoms with E-state index in [2.05, 4.69) is 34.2 Å². The standard InChI is InChI=1S/C14H15N3S/c15-8-11-4-3-7-17(9-11)10-14-16-12-5-1-2-6-13(12)18-14/h1-2,5-6,11H,3-4,7,9-10H2. The van der Waals surface area contributed by atoms with E-state index < -0.39 is 0 Å². The molecule has 1 unspecified atom stereocenters. The minimum Gasteiger partial charge on any atom is -0.295 e. The summed E-state index contributed by atoms with van der Waals surface area (Å²) in [7, 11) is 0. The topological polar surface area (TPSA) is 39.9 Å². The van der Waals surface area contributed by atoms with Gasteiger partial charge in [0.25, 0.3) is 0 Å². The van der Waals surface area contributed by atoms with Gasteiger partial charge in [0.1, 0.15) is 5.01 Å². The number of thiazole rings is 1. The maximum Gasteiger partial charge on any atom is 0.108 e. The Hall–Kier alpha value is -1.44. The van der Waals surface area contributed by atoms with Crippen LogP contribution in [-0.4, -0.2) is 23.0 Å². The van der Waals surface area contributed by atoms with Gasteiger partial charge in [-0.3, -0.25) is 4.90 Å². The zero-order valence-corrected chi connectivity index (χ0v) is 11.0. The summed E-state index contributed by atoms with van der Waals surface area (Å²) < 4.78 is 1.25. The van der Waals surface area contributed by atoms with Gasteiger partial charge in [0.2, 0.25) is 0 Å².